The minimum atomic E-state index is 0.760. The van der Waals surface area contributed by atoms with Crippen LogP contribution in [0.25, 0.3) is 10.8 Å². The lowest BCUT2D eigenvalue weighted by Crippen LogP contribution is -2.25. The van der Waals surface area contributed by atoms with Crippen molar-refractivity contribution in [1.82, 2.24) is 0 Å². The monoisotopic (exact) mass is 204 g/mol. The van der Waals surface area contributed by atoms with Gasteiger partial charge < -0.3 is 9.47 Å². The molecular formula is C12H14NO2+. The average molecular weight is 204 g/mol. The second kappa shape index (κ2) is 3.77. The van der Waals surface area contributed by atoms with Gasteiger partial charge in [-0.25, -0.2) is 4.57 Å². The fraction of sp³-hybridized carbons (Fsp3) is 0.250. The first-order valence-corrected chi connectivity index (χ1v) is 4.75. The van der Waals surface area contributed by atoms with E-state index in [4.69, 9.17) is 9.47 Å². The lowest BCUT2D eigenvalue weighted by atomic mass is 10.1. The molecule has 78 valence electrons. The molecule has 0 aliphatic heterocycles. The zero-order valence-corrected chi connectivity index (χ0v) is 9.15. The Bertz CT molecular complexity index is 494. The Kier molecular flexibility index (Phi) is 2.46. The zero-order chi connectivity index (χ0) is 10.8. The zero-order valence-electron chi connectivity index (χ0n) is 9.15. The van der Waals surface area contributed by atoms with Crippen LogP contribution in [0.2, 0.25) is 0 Å². The molecule has 15 heavy (non-hydrogen) atoms. The van der Waals surface area contributed by atoms with Gasteiger partial charge in [0.15, 0.2) is 23.9 Å². The molecule has 1 heterocycles. The van der Waals surface area contributed by atoms with Gasteiger partial charge in [-0.1, -0.05) is 0 Å². The third-order valence-corrected chi connectivity index (χ3v) is 2.42. The van der Waals surface area contributed by atoms with Crippen molar-refractivity contribution in [3.8, 4) is 11.5 Å². The lowest BCUT2D eigenvalue weighted by molar-refractivity contribution is -0.670. The van der Waals surface area contributed by atoms with Crippen LogP contribution in [0, 0.1) is 0 Å². The molecule has 0 aliphatic carbocycles. The number of hydrogen-bond donors (Lipinski definition) is 0. The predicted molar refractivity (Wildman–Crippen MR) is 58.2 cm³/mol. The SMILES string of the molecule is COc1cc2cc[n+](C)cc2cc1OC. The molecule has 0 spiro atoms. The summed E-state index contributed by atoms with van der Waals surface area (Å²) in [6.07, 6.45) is 4.06. The lowest BCUT2D eigenvalue weighted by Gasteiger charge is -2.07. The van der Waals surface area contributed by atoms with Gasteiger partial charge in [0.2, 0.25) is 0 Å². The molecule has 3 nitrogen and oxygen atoms in total. The molecule has 0 saturated carbocycles. The number of rotatable bonds is 2. The van der Waals surface area contributed by atoms with E-state index < -0.39 is 0 Å². The fourth-order valence-electron chi connectivity index (χ4n) is 1.63. The summed E-state index contributed by atoms with van der Waals surface area (Å²) in [6.45, 7) is 0. The Morgan fingerprint density at radius 2 is 1.60 bits per heavy atom. The molecule has 3 heteroatoms. The summed E-state index contributed by atoms with van der Waals surface area (Å²) < 4.78 is 12.5. The Balaban J connectivity index is 2.69. The van der Waals surface area contributed by atoms with E-state index in [-0.39, 0.29) is 0 Å². The van der Waals surface area contributed by atoms with Crippen LogP contribution in [-0.4, -0.2) is 14.2 Å². The van der Waals surface area contributed by atoms with Gasteiger partial charge in [-0.2, -0.15) is 0 Å². The first-order chi connectivity index (χ1) is 7.24. The largest absolute Gasteiger partial charge is 0.493 e. The van der Waals surface area contributed by atoms with E-state index >= 15 is 0 Å². The van der Waals surface area contributed by atoms with E-state index in [1.807, 2.05) is 29.9 Å². The molecule has 0 aliphatic rings. The number of aromatic nitrogens is 1. The summed E-state index contributed by atoms with van der Waals surface area (Å²) >= 11 is 0. The van der Waals surface area contributed by atoms with Crippen molar-refractivity contribution in [2.45, 2.75) is 0 Å². The molecule has 0 bridgehead atoms. The minimum Gasteiger partial charge on any atom is -0.493 e. The van der Waals surface area contributed by atoms with Gasteiger partial charge in [0.05, 0.1) is 14.2 Å². The van der Waals surface area contributed by atoms with Crippen molar-refractivity contribution in [3.63, 3.8) is 0 Å². The molecule has 1 aromatic carbocycles. The highest BCUT2D eigenvalue weighted by atomic mass is 16.5. The molecule has 2 aromatic rings. The first-order valence-electron chi connectivity index (χ1n) is 4.75. The third-order valence-electron chi connectivity index (χ3n) is 2.42. The second-order valence-electron chi connectivity index (χ2n) is 3.45. The van der Waals surface area contributed by atoms with Crippen LogP contribution < -0.4 is 14.0 Å². The van der Waals surface area contributed by atoms with Crippen LogP contribution >= 0.6 is 0 Å². The van der Waals surface area contributed by atoms with Gasteiger partial charge in [-0.15, -0.1) is 0 Å². The van der Waals surface area contributed by atoms with Crippen molar-refractivity contribution in [3.05, 3.63) is 30.6 Å². The van der Waals surface area contributed by atoms with Gasteiger partial charge in [-0.05, 0) is 17.5 Å². The molecule has 1 aromatic heterocycles. The van der Waals surface area contributed by atoms with E-state index in [2.05, 4.69) is 12.3 Å². The maximum Gasteiger partial charge on any atom is 0.176 e. The highest BCUT2D eigenvalue weighted by Crippen LogP contribution is 2.31. The van der Waals surface area contributed by atoms with Crippen molar-refractivity contribution in [1.29, 1.82) is 0 Å². The number of benzene rings is 1. The quantitative estimate of drug-likeness (QED) is 0.694. The molecule has 0 N–H and O–H groups in total. The van der Waals surface area contributed by atoms with Crippen molar-refractivity contribution >= 4 is 10.8 Å². The summed E-state index contributed by atoms with van der Waals surface area (Å²) in [4.78, 5) is 0. The van der Waals surface area contributed by atoms with Crippen molar-refractivity contribution < 1.29 is 14.0 Å². The molecule has 0 radical (unpaired) electrons. The molecule has 0 unspecified atom stereocenters. The smallest absolute Gasteiger partial charge is 0.176 e. The molecule has 0 atom stereocenters. The van der Waals surface area contributed by atoms with Gasteiger partial charge in [0, 0.05) is 11.5 Å². The van der Waals surface area contributed by atoms with E-state index in [1.54, 1.807) is 14.2 Å². The molecular weight excluding hydrogens is 190 g/mol. The summed E-state index contributed by atoms with van der Waals surface area (Å²) in [5.41, 5.74) is 0. The van der Waals surface area contributed by atoms with Crippen molar-refractivity contribution in [2.75, 3.05) is 14.2 Å². The Labute approximate surface area is 88.9 Å². The summed E-state index contributed by atoms with van der Waals surface area (Å²) in [5.74, 6) is 1.52. The Morgan fingerprint density at radius 1 is 1.00 bits per heavy atom. The summed E-state index contributed by atoms with van der Waals surface area (Å²) in [5, 5.41) is 2.28. The maximum absolute atomic E-state index is 5.25. The van der Waals surface area contributed by atoms with Gasteiger partial charge in [0.25, 0.3) is 0 Å². The van der Waals surface area contributed by atoms with E-state index in [0.717, 1.165) is 22.3 Å². The number of ether oxygens (including phenoxy) is 2. The van der Waals surface area contributed by atoms with Crippen LogP contribution in [0.3, 0.4) is 0 Å². The highest BCUT2D eigenvalue weighted by Gasteiger charge is 2.07. The third kappa shape index (κ3) is 1.73. The van der Waals surface area contributed by atoms with Crippen LogP contribution in [-0.2, 0) is 7.05 Å². The maximum atomic E-state index is 5.25. The summed E-state index contributed by atoms with van der Waals surface area (Å²) in [7, 11) is 5.29. The summed E-state index contributed by atoms with van der Waals surface area (Å²) in [6, 6.07) is 6.01. The van der Waals surface area contributed by atoms with Crippen LogP contribution in [0.4, 0.5) is 0 Å². The first kappa shape index (κ1) is 9.77. The minimum absolute atomic E-state index is 0.760. The number of methoxy groups -OCH3 is 2. The standard InChI is InChI=1S/C12H14NO2/c1-13-5-4-9-6-11(14-2)12(15-3)7-10(9)8-13/h4-8H,1-3H3/q+1. The second-order valence-corrected chi connectivity index (χ2v) is 3.45. The average Bonchev–Trinajstić information content (AvgIpc) is 2.27. The van der Waals surface area contributed by atoms with Crippen molar-refractivity contribution in [2.24, 2.45) is 7.05 Å². The number of hydrogen-bond acceptors (Lipinski definition) is 2. The number of nitrogens with zero attached hydrogens (tertiary/aromatic N) is 1. The van der Waals surface area contributed by atoms with Crippen LogP contribution in [0.5, 0.6) is 11.5 Å². The van der Waals surface area contributed by atoms with Gasteiger partial charge in [0.1, 0.15) is 7.05 Å². The number of fused-ring (bicyclic) bond motifs is 1. The normalized spacial score (nSPS) is 10.3. The molecule has 2 rings (SSSR count). The van der Waals surface area contributed by atoms with E-state index in [9.17, 15) is 0 Å². The molecule has 0 amide bonds. The van der Waals surface area contributed by atoms with E-state index in [1.165, 1.54) is 0 Å². The Morgan fingerprint density at radius 3 is 2.20 bits per heavy atom. The number of aryl methyl sites for hydroxylation is 1. The fourth-order valence-corrected chi connectivity index (χ4v) is 1.63. The van der Waals surface area contributed by atoms with Gasteiger partial charge >= 0.3 is 0 Å². The van der Waals surface area contributed by atoms with Crippen LogP contribution in [0.1, 0.15) is 0 Å². The Hall–Kier alpha value is -1.77. The molecule has 0 fully saturated rings. The van der Waals surface area contributed by atoms with Gasteiger partial charge in [-0.3, -0.25) is 0 Å². The number of pyridine rings is 1. The predicted octanol–water partition coefficient (Wildman–Crippen LogP) is 1.68. The van der Waals surface area contributed by atoms with Crippen LogP contribution in [0.15, 0.2) is 30.6 Å². The topological polar surface area (TPSA) is 22.3 Å². The highest BCUT2D eigenvalue weighted by molar-refractivity contribution is 5.84. The molecule has 0 saturated heterocycles. The van der Waals surface area contributed by atoms with E-state index in [0.29, 0.717) is 0 Å².